The SMILES string of the molecule is Nc1ccc(SCCOc2c(Cl)cccc2Cl)cc1F. The second-order valence-electron chi connectivity index (χ2n) is 3.93. The van der Waals surface area contributed by atoms with Crippen LogP contribution in [0.3, 0.4) is 0 Å². The number of rotatable bonds is 5. The molecule has 0 saturated carbocycles. The Bertz CT molecular complexity index is 589. The average molecular weight is 332 g/mol. The summed E-state index contributed by atoms with van der Waals surface area (Å²) in [5.41, 5.74) is 5.56. The van der Waals surface area contributed by atoms with Crippen molar-refractivity contribution in [1.82, 2.24) is 0 Å². The molecule has 0 radical (unpaired) electrons. The fourth-order valence-corrected chi connectivity index (χ4v) is 2.78. The molecule has 20 heavy (non-hydrogen) atoms. The molecule has 0 aliphatic heterocycles. The van der Waals surface area contributed by atoms with Crippen LogP contribution >= 0.6 is 35.0 Å². The molecular formula is C14H12Cl2FNOS. The maximum Gasteiger partial charge on any atom is 0.156 e. The molecule has 0 bridgehead atoms. The lowest BCUT2D eigenvalue weighted by Crippen LogP contribution is -2.01. The number of para-hydroxylation sites is 1. The molecule has 0 aromatic heterocycles. The molecular weight excluding hydrogens is 320 g/mol. The van der Waals surface area contributed by atoms with Crippen molar-refractivity contribution in [2.45, 2.75) is 4.90 Å². The predicted octanol–water partition coefficient (Wildman–Crippen LogP) is 4.89. The number of benzene rings is 2. The van der Waals surface area contributed by atoms with Crippen LogP contribution in [0, 0.1) is 5.82 Å². The Morgan fingerprint density at radius 2 is 1.85 bits per heavy atom. The van der Waals surface area contributed by atoms with Crippen LogP contribution in [0.5, 0.6) is 5.75 Å². The third kappa shape index (κ3) is 3.95. The number of halogens is 3. The molecule has 2 rings (SSSR count). The Balaban J connectivity index is 1.86. The number of nitrogens with two attached hydrogens (primary N) is 1. The number of thioether (sulfide) groups is 1. The van der Waals surface area contributed by atoms with E-state index in [1.54, 1.807) is 30.3 Å². The standard InChI is InChI=1S/C14H12Cl2FNOS/c15-10-2-1-3-11(16)14(10)19-6-7-20-9-4-5-13(18)12(17)8-9/h1-5,8H,6-7,18H2. The maximum absolute atomic E-state index is 13.3. The number of anilines is 1. The highest BCUT2D eigenvalue weighted by Gasteiger charge is 2.06. The summed E-state index contributed by atoms with van der Waals surface area (Å²) in [5, 5.41) is 0.946. The summed E-state index contributed by atoms with van der Waals surface area (Å²) in [6.45, 7) is 0.417. The van der Waals surface area contributed by atoms with E-state index in [4.69, 9.17) is 33.7 Å². The van der Waals surface area contributed by atoms with Crippen LogP contribution in [0.25, 0.3) is 0 Å². The van der Waals surface area contributed by atoms with Crippen molar-refractivity contribution in [3.05, 3.63) is 52.3 Å². The van der Waals surface area contributed by atoms with Gasteiger partial charge >= 0.3 is 0 Å². The Labute approximate surface area is 131 Å². The van der Waals surface area contributed by atoms with Crippen molar-refractivity contribution in [3.8, 4) is 5.75 Å². The largest absolute Gasteiger partial charge is 0.490 e. The van der Waals surface area contributed by atoms with E-state index < -0.39 is 5.82 Å². The average Bonchev–Trinajstić information content (AvgIpc) is 2.41. The zero-order chi connectivity index (χ0) is 14.5. The van der Waals surface area contributed by atoms with E-state index in [1.165, 1.54) is 17.8 Å². The Kier molecular flexibility index (Phi) is 5.40. The number of nitrogen functional groups attached to an aromatic ring is 1. The van der Waals surface area contributed by atoms with Gasteiger partial charge in [-0.2, -0.15) is 0 Å². The van der Waals surface area contributed by atoms with Crippen LogP contribution in [0.4, 0.5) is 10.1 Å². The Morgan fingerprint density at radius 1 is 1.15 bits per heavy atom. The quantitative estimate of drug-likeness (QED) is 0.481. The van der Waals surface area contributed by atoms with Gasteiger partial charge in [-0.1, -0.05) is 29.3 Å². The monoisotopic (exact) mass is 331 g/mol. The van der Waals surface area contributed by atoms with Crippen molar-refractivity contribution in [2.24, 2.45) is 0 Å². The molecule has 2 aromatic carbocycles. The summed E-state index contributed by atoms with van der Waals surface area (Å²) in [4.78, 5) is 0.797. The summed E-state index contributed by atoms with van der Waals surface area (Å²) in [6.07, 6.45) is 0. The third-order valence-electron chi connectivity index (χ3n) is 2.49. The molecule has 0 atom stereocenters. The minimum absolute atomic E-state index is 0.147. The van der Waals surface area contributed by atoms with E-state index in [0.29, 0.717) is 28.2 Å². The second kappa shape index (κ2) is 7.07. The van der Waals surface area contributed by atoms with Crippen LogP contribution in [-0.2, 0) is 0 Å². The molecule has 6 heteroatoms. The lowest BCUT2D eigenvalue weighted by molar-refractivity contribution is 0.344. The third-order valence-corrected chi connectivity index (χ3v) is 4.04. The second-order valence-corrected chi connectivity index (χ2v) is 5.91. The Hall–Kier alpha value is -1.10. The Morgan fingerprint density at radius 3 is 2.50 bits per heavy atom. The molecule has 0 amide bonds. The van der Waals surface area contributed by atoms with Crippen LogP contribution in [0.1, 0.15) is 0 Å². The molecule has 0 saturated heterocycles. The highest BCUT2D eigenvalue weighted by Crippen LogP contribution is 2.32. The molecule has 0 spiro atoms. The van der Waals surface area contributed by atoms with Crippen molar-refractivity contribution in [3.63, 3.8) is 0 Å². The molecule has 0 aliphatic carbocycles. The number of ether oxygens (including phenoxy) is 1. The lowest BCUT2D eigenvalue weighted by atomic mass is 10.3. The zero-order valence-corrected chi connectivity index (χ0v) is 12.7. The molecule has 0 unspecified atom stereocenters. The molecule has 0 aliphatic rings. The number of hydrogen-bond donors (Lipinski definition) is 1. The van der Waals surface area contributed by atoms with Gasteiger partial charge in [-0.25, -0.2) is 4.39 Å². The van der Waals surface area contributed by atoms with Crippen molar-refractivity contribution < 1.29 is 9.13 Å². The van der Waals surface area contributed by atoms with Crippen LogP contribution < -0.4 is 10.5 Å². The van der Waals surface area contributed by atoms with E-state index in [-0.39, 0.29) is 5.69 Å². The maximum atomic E-state index is 13.3. The molecule has 2 aromatic rings. The van der Waals surface area contributed by atoms with Crippen LogP contribution in [0.2, 0.25) is 10.0 Å². The summed E-state index contributed by atoms with van der Waals surface area (Å²) < 4.78 is 18.8. The van der Waals surface area contributed by atoms with Gasteiger partial charge in [-0.05, 0) is 30.3 Å². The van der Waals surface area contributed by atoms with Gasteiger partial charge in [-0.15, -0.1) is 11.8 Å². The van der Waals surface area contributed by atoms with E-state index in [2.05, 4.69) is 0 Å². The van der Waals surface area contributed by atoms with Gasteiger partial charge in [0.05, 0.1) is 22.3 Å². The van der Waals surface area contributed by atoms with Crippen LogP contribution in [0.15, 0.2) is 41.3 Å². The summed E-state index contributed by atoms with van der Waals surface area (Å²) in [6, 6.07) is 9.90. The van der Waals surface area contributed by atoms with E-state index in [9.17, 15) is 4.39 Å². The first-order valence-corrected chi connectivity index (χ1v) is 7.56. The highest BCUT2D eigenvalue weighted by atomic mass is 35.5. The normalized spacial score (nSPS) is 10.6. The van der Waals surface area contributed by atoms with Gasteiger partial charge < -0.3 is 10.5 Å². The van der Waals surface area contributed by atoms with Crippen LogP contribution in [-0.4, -0.2) is 12.4 Å². The minimum Gasteiger partial charge on any atom is -0.490 e. The first-order chi connectivity index (χ1) is 9.58. The number of hydrogen-bond acceptors (Lipinski definition) is 3. The van der Waals surface area contributed by atoms with Gasteiger partial charge in [0.2, 0.25) is 0 Å². The molecule has 0 fully saturated rings. The lowest BCUT2D eigenvalue weighted by Gasteiger charge is -2.09. The van der Waals surface area contributed by atoms with Gasteiger partial charge in [0.25, 0.3) is 0 Å². The fourth-order valence-electron chi connectivity index (χ4n) is 1.52. The molecule has 2 nitrogen and oxygen atoms in total. The first-order valence-electron chi connectivity index (χ1n) is 5.82. The molecule has 0 heterocycles. The summed E-state index contributed by atoms with van der Waals surface area (Å²) in [7, 11) is 0. The van der Waals surface area contributed by atoms with E-state index in [0.717, 1.165) is 4.90 Å². The van der Waals surface area contributed by atoms with Crippen molar-refractivity contribution in [2.75, 3.05) is 18.1 Å². The predicted molar refractivity (Wildman–Crippen MR) is 83.5 cm³/mol. The topological polar surface area (TPSA) is 35.2 Å². The summed E-state index contributed by atoms with van der Waals surface area (Å²) in [5.74, 6) is 0.704. The summed E-state index contributed by atoms with van der Waals surface area (Å²) >= 11 is 13.4. The zero-order valence-electron chi connectivity index (χ0n) is 10.4. The van der Waals surface area contributed by atoms with Gasteiger partial charge in [0.1, 0.15) is 5.82 Å². The minimum atomic E-state index is -0.412. The van der Waals surface area contributed by atoms with Gasteiger partial charge in [0.15, 0.2) is 5.75 Å². The first kappa shape index (κ1) is 15.3. The molecule has 2 N–H and O–H groups in total. The van der Waals surface area contributed by atoms with Crippen molar-refractivity contribution >= 4 is 40.7 Å². The van der Waals surface area contributed by atoms with E-state index >= 15 is 0 Å². The van der Waals surface area contributed by atoms with Gasteiger partial charge in [0, 0.05) is 10.6 Å². The fraction of sp³-hybridized carbons (Fsp3) is 0.143. The van der Waals surface area contributed by atoms with Gasteiger partial charge in [-0.3, -0.25) is 0 Å². The smallest absolute Gasteiger partial charge is 0.156 e. The van der Waals surface area contributed by atoms with Crippen molar-refractivity contribution in [1.29, 1.82) is 0 Å². The van der Waals surface area contributed by atoms with E-state index in [1.807, 2.05) is 0 Å². The highest BCUT2D eigenvalue weighted by molar-refractivity contribution is 7.99. The molecule has 106 valence electrons.